The zero-order chi connectivity index (χ0) is 10.9. The first kappa shape index (κ1) is 11.2. The molecule has 78 valence electrons. The largest absolute Gasteiger partial charge is 0.573 e. The lowest BCUT2D eigenvalue weighted by atomic mass is 10.1. The minimum Gasteiger partial charge on any atom is -0.406 e. The van der Waals surface area contributed by atoms with Crippen LogP contribution in [0.1, 0.15) is 11.1 Å². The summed E-state index contributed by atoms with van der Waals surface area (Å²) in [4.78, 5) is 0. The molecule has 14 heavy (non-hydrogen) atoms. The standard InChI is InChI=1S/C9H8ClF3O/c1-5-6(2)8(4-3-7(5)10)14-9(11,12)13/h3-4H,1-2H3. The molecule has 1 rings (SSSR count). The summed E-state index contributed by atoms with van der Waals surface area (Å²) >= 11 is 5.72. The van der Waals surface area contributed by atoms with Crippen molar-refractivity contribution in [2.45, 2.75) is 20.2 Å². The maximum absolute atomic E-state index is 11.9. The van der Waals surface area contributed by atoms with E-state index in [9.17, 15) is 13.2 Å². The maximum atomic E-state index is 11.9. The van der Waals surface area contributed by atoms with Crippen molar-refractivity contribution in [3.05, 3.63) is 28.3 Å². The Labute approximate surface area is 84.4 Å². The minimum absolute atomic E-state index is 0.209. The van der Waals surface area contributed by atoms with Gasteiger partial charge in [0.25, 0.3) is 0 Å². The van der Waals surface area contributed by atoms with E-state index in [0.29, 0.717) is 16.1 Å². The van der Waals surface area contributed by atoms with Gasteiger partial charge in [-0.3, -0.25) is 0 Å². The highest BCUT2D eigenvalue weighted by Gasteiger charge is 2.31. The highest BCUT2D eigenvalue weighted by Crippen LogP contribution is 2.31. The molecule has 0 aliphatic heterocycles. The lowest BCUT2D eigenvalue weighted by Gasteiger charge is -2.13. The number of benzene rings is 1. The molecule has 0 atom stereocenters. The molecule has 0 fully saturated rings. The molecule has 5 heteroatoms. The molecule has 0 saturated heterocycles. The van der Waals surface area contributed by atoms with Gasteiger partial charge in [-0.2, -0.15) is 0 Å². The fourth-order valence-corrected chi connectivity index (χ4v) is 1.20. The number of rotatable bonds is 1. The molecule has 0 heterocycles. The highest BCUT2D eigenvalue weighted by molar-refractivity contribution is 6.31. The van der Waals surface area contributed by atoms with Crippen LogP contribution in [0.4, 0.5) is 13.2 Å². The van der Waals surface area contributed by atoms with Gasteiger partial charge < -0.3 is 4.74 Å². The molecule has 0 bridgehead atoms. The zero-order valence-corrected chi connectivity index (χ0v) is 8.33. The molecule has 0 unspecified atom stereocenters. The van der Waals surface area contributed by atoms with Crippen molar-refractivity contribution in [3.8, 4) is 5.75 Å². The molecule has 0 aliphatic carbocycles. The summed E-state index contributed by atoms with van der Waals surface area (Å²) in [5.74, 6) is -0.209. The molecule has 0 saturated carbocycles. The minimum atomic E-state index is -4.66. The van der Waals surface area contributed by atoms with Crippen LogP contribution in [0.15, 0.2) is 12.1 Å². The SMILES string of the molecule is Cc1c(Cl)ccc(OC(F)(F)F)c1C. The second-order valence-electron chi connectivity index (χ2n) is 2.84. The second kappa shape index (κ2) is 3.69. The van der Waals surface area contributed by atoms with Crippen molar-refractivity contribution < 1.29 is 17.9 Å². The Balaban J connectivity index is 3.06. The monoisotopic (exact) mass is 224 g/mol. The number of halogens is 4. The van der Waals surface area contributed by atoms with Crippen LogP contribution in [0, 0.1) is 13.8 Å². The van der Waals surface area contributed by atoms with Gasteiger partial charge in [0.1, 0.15) is 5.75 Å². The summed E-state index contributed by atoms with van der Waals surface area (Å²) in [5.41, 5.74) is 0.989. The highest BCUT2D eigenvalue weighted by atomic mass is 35.5. The van der Waals surface area contributed by atoms with E-state index in [0.717, 1.165) is 0 Å². The average Bonchev–Trinajstić information content (AvgIpc) is 2.04. The summed E-state index contributed by atoms with van der Waals surface area (Å²) in [6.07, 6.45) is -4.66. The van der Waals surface area contributed by atoms with Crippen LogP contribution in [-0.2, 0) is 0 Å². The Morgan fingerprint density at radius 2 is 1.71 bits per heavy atom. The Bertz CT molecular complexity index is 347. The van der Waals surface area contributed by atoms with Crippen LogP contribution in [-0.4, -0.2) is 6.36 Å². The predicted octanol–water partition coefficient (Wildman–Crippen LogP) is 3.86. The Kier molecular flexibility index (Phi) is 2.95. The van der Waals surface area contributed by atoms with Crippen LogP contribution in [0.2, 0.25) is 5.02 Å². The molecule has 1 aromatic rings. The van der Waals surface area contributed by atoms with E-state index in [2.05, 4.69) is 4.74 Å². The van der Waals surface area contributed by atoms with Gasteiger partial charge in [-0.05, 0) is 37.1 Å². The van der Waals surface area contributed by atoms with Gasteiger partial charge in [0.05, 0.1) is 0 Å². The first-order chi connectivity index (χ1) is 6.31. The third-order valence-corrected chi connectivity index (χ3v) is 2.31. The number of hydrogen-bond donors (Lipinski definition) is 0. The summed E-state index contributed by atoms with van der Waals surface area (Å²) in [6, 6.07) is 2.59. The van der Waals surface area contributed by atoms with Gasteiger partial charge in [0.15, 0.2) is 0 Å². The Morgan fingerprint density at radius 3 is 2.21 bits per heavy atom. The van der Waals surface area contributed by atoms with E-state index >= 15 is 0 Å². The first-order valence-electron chi connectivity index (χ1n) is 3.82. The van der Waals surface area contributed by atoms with Crippen LogP contribution in [0.25, 0.3) is 0 Å². The van der Waals surface area contributed by atoms with Crippen molar-refractivity contribution in [2.24, 2.45) is 0 Å². The molecule has 0 aromatic heterocycles. The topological polar surface area (TPSA) is 9.23 Å². The van der Waals surface area contributed by atoms with Gasteiger partial charge in [-0.25, -0.2) is 0 Å². The fourth-order valence-electron chi connectivity index (χ4n) is 0.998. The quantitative estimate of drug-likeness (QED) is 0.704. The normalized spacial score (nSPS) is 11.6. The van der Waals surface area contributed by atoms with E-state index in [1.165, 1.54) is 19.1 Å². The molecule has 0 radical (unpaired) electrons. The summed E-state index contributed by atoms with van der Waals surface area (Å²) in [5, 5.41) is 0.428. The third-order valence-electron chi connectivity index (χ3n) is 1.90. The predicted molar refractivity (Wildman–Crippen MR) is 47.6 cm³/mol. The van der Waals surface area contributed by atoms with Crippen LogP contribution >= 0.6 is 11.6 Å². The average molecular weight is 225 g/mol. The lowest BCUT2D eigenvalue weighted by molar-refractivity contribution is -0.274. The second-order valence-corrected chi connectivity index (χ2v) is 3.25. The first-order valence-corrected chi connectivity index (χ1v) is 4.20. The van der Waals surface area contributed by atoms with Crippen molar-refractivity contribution in [1.82, 2.24) is 0 Å². The van der Waals surface area contributed by atoms with Crippen LogP contribution < -0.4 is 4.74 Å². The molecule has 0 aliphatic rings. The van der Waals surface area contributed by atoms with Crippen LogP contribution in [0.5, 0.6) is 5.75 Å². The van der Waals surface area contributed by atoms with Crippen LogP contribution in [0.3, 0.4) is 0 Å². The summed E-state index contributed by atoms with van der Waals surface area (Å²) < 4.78 is 39.5. The van der Waals surface area contributed by atoms with Gasteiger partial charge in [0, 0.05) is 5.02 Å². The number of hydrogen-bond acceptors (Lipinski definition) is 1. The third kappa shape index (κ3) is 2.54. The summed E-state index contributed by atoms with van der Waals surface area (Å²) in [6.45, 7) is 3.17. The van der Waals surface area contributed by atoms with Gasteiger partial charge in [-0.15, -0.1) is 13.2 Å². The van der Waals surface area contributed by atoms with E-state index in [1.807, 2.05) is 0 Å². The smallest absolute Gasteiger partial charge is 0.406 e. The Hall–Kier alpha value is -0.900. The molecule has 1 aromatic carbocycles. The lowest BCUT2D eigenvalue weighted by Crippen LogP contribution is -2.17. The molecular formula is C9H8ClF3O. The molecule has 1 nitrogen and oxygen atoms in total. The van der Waals surface area contributed by atoms with Crippen molar-refractivity contribution in [1.29, 1.82) is 0 Å². The van der Waals surface area contributed by atoms with Crippen molar-refractivity contribution >= 4 is 11.6 Å². The molecular weight excluding hydrogens is 217 g/mol. The summed E-state index contributed by atoms with van der Waals surface area (Å²) in [7, 11) is 0. The van der Waals surface area contributed by atoms with E-state index in [1.54, 1.807) is 6.92 Å². The molecule has 0 spiro atoms. The van der Waals surface area contributed by atoms with Gasteiger partial charge in [-0.1, -0.05) is 11.6 Å². The molecule has 0 amide bonds. The van der Waals surface area contributed by atoms with E-state index in [-0.39, 0.29) is 5.75 Å². The van der Waals surface area contributed by atoms with E-state index < -0.39 is 6.36 Å². The van der Waals surface area contributed by atoms with Gasteiger partial charge >= 0.3 is 6.36 Å². The number of ether oxygens (including phenoxy) is 1. The number of alkyl halides is 3. The maximum Gasteiger partial charge on any atom is 0.573 e. The zero-order valence-electron chi connectivity index (χ0n) is 7.57. The molecule has 0 N–H and O–H groups in total. The van der Waals surface area contributed by atoms with Gasteiger partial charge in [0.2, 0.25) is 0 Å². The van der Waals surface area contributed by atoms with E-state index in [4.69, 9.17) is 11.6 Å². The fraction of sp³-hybridized carbons (Fsp3) is 0.333. The van der Waals surface area contributed by atoms with Crippen molar-refractivity contribution in [2.75, 3.05) is 0 Å². The van der Waals surface area contributed by atoms with Crippen molar-refractivity contribution in [3.63, 3.8) is 0 Å². The Morgan fingerprint density at radius 1 is 1.14 bits per heavy atom.